The van der Waals surface area contributed by atoms with Crippen LogP contribution in [0.5, 0.6) is 5.75 Å². The van der Waals surface area contributed by atoms with Gasteiger partial charge in [-0.25, -0.2) is 9.78 Å². The van der Waals surface area contributed by atoms with Crippen LogP contribution in [-0.4, -0.2) is 28.2 Å². The van der Waals surface area contributed by atoms with Crippen LogP contribution in [0.3, 0.4) is 0 Å². The molecule has 0 bridgehead atoms. The van der Waals surface area contributed by atoms with Gasteiger partial charge >= 0.3 is 6.03 Å². The molecule has 0 fully saturated rings. The van der Waals surface area contributed by atoms with Gasteiger partial charge in [0.1, 0.15) is 11.6 Å². The van der Waals surface area contributed by atoms with Crippen LogP contribution >= 0.6 is 0 Å². The van der Waals surface area contributed by atoms with Crippen molar-refractivity contribution in [2.45, 2.75) is 45.8 Å². The minimum Gasteiger partial charge on any atom is -0.488 e. The van der Waals surface area contributed by atoms with Gasteiger partial charge in [-0.15, -0.1) is 0 Å². The van der Waals surface area contributed by atoms with Crippen molar-refractivity contribution >= 4 is 11.7 Å². The molecule has 2 N–H and O–H groups in total. The first-order valence-electron chi connectivity index (χ1n) is 10.5. The lowest BCUT2D eigenvalue weighted by Crippen LogP contribution is -2.29. The zero-order valence-electron chi connectivity index (χ0n) is 17.7. The number of aromatic nitrogens is 2. The van der Waals surface area contributed by atoms with Crippen LogP contribution in [0.15, 0.2) is 67.0 Å². The van der Waals surface area contributed by atoms with Crippen LogP contribution in [0.2, 0.25) is 0 Å². The Kier molecular flexibility index (Phi) is 7.89. The summed E-state index contributed by atoms with van der Waals surface area (Å²) in [5.41, 5.74) is 1.77. The van der Waals surface area contributed by atoms with E-state index in [9.17, 15) is 4.79 Å². The number of anilines is 1. The van der Waals surface area contributed by atoms with Crippen molar-refractivity contribution in [1.29, 1.82) is 0 Å². The Morgan fingerprint density at radius 3 is 2.70 bits per heavy atom. The van der Waals surface area contributed by atoms with Crippen molar-refractivity contribution in [3.05, 3.63) is 67.0 Å². The monoisotopic (exact) mass is 406 g/mol. The summed E-state index contributed by atoms with van der Waals surface area (Å²) in [4.78, 5) is 16.6. The van der Waals surface area contributed by atoms with Crippen molar-refractivity contribution in [1.82, 2.24) is 14.9 Å². The SMILES string of the molecule is CCCCNC(=O)Nc1ccccc1OC(C)CCn1ccnc1-c1ccccc1. The Morgan fingerprint density at radius 1 is 1.13 bits per heavy atom. The zero-order valence-corrected chi connectivity index (χ0v) is 17.7. The summed E-state index contributed by atoms with van der Waals surface area (Å²) in [5, 5.41) is 5.75. The van der Waals surface area contributed by atoms with Gasteiger partial charge in [0, 0.05) is 37.5 Å². The van der Waals surface area contributed by atoms with Gasteiger partial charge in [0.25, 0.3) is 0 Å². The van der Waals surface area contributed by atoms with Crippen molar-refractivity contribution < 1.29 is 9.53 Å². The number of hydrogen-bond donors (Lipinski definition) is 2. The summed E-state index contributed by atoms with van der Waals surface area (Å²) < 4.78 is 8.28. The van der Waals surface area contributed by atoms with Gasteiger partial charge in [0.05, 0.1) is 11.8 Å². The lowest BCUT2D eigenvalue weighted by atomic mass is 10.2. The van der Waals surface area contributed by atoms with Crippen LogP contribution in [0.4, 0.5) is 10.5 Å². The molecule has 30 heavy (non-hydrogen) atoms. The van der Waals surface area contributed by atoms with Crippen LogP contribution in [0.25, 0.3) is 11.4 Å². The Morgan fingerprint density at radius 2 is 1.90 bits per heavy atom. The average Bonchev–Trinajstić information content (AvgIpc) is 3.23. The summed E-state index contributed by atoms with van der Waals surface area (Å²) in [6, 6.07) is 17.5. The average molecular weight is 407 g/mol. The maximum atomic E-state index is 12.1. The molecule has 0 aliphatic rings. The van der Waals surface area contributed by atoms with E-state index in [1.165, 1.54) is 0 Å². The molecule has 1 unspecified atom stereocenters. The van der Waals surface area contributed by atoms with Gasteiger partial charge in [-0.2, -0.15) is 0 Å². The summed E-state index contributed by atoms with van der Waals surface area (Å²) in [7, 11) is 0. The smallest absolute Gasteiger partial charge is 0.319 e. The number of urea groups is 1. The highest BCUT2D eigenvalue weighted by atomic mass is 16.5. The number of nitrogens with one attached hydrogen (secondary N) is 2. The Balaban J connectivity index is 1.57. The predicted octanol–water partition coefficient (Wildman–Crippen LogP) is 5.33. The van der Waals surface area contributed by atoms with Gasteiger partial charge < -0.3 is 19.9 Å². The maximum absolute atomic E-state index is 12.1. The molecule has 6 nitrogen and oxygen atoms in total. The molecule has 1 heterocycles. The van der Waals surface area contributed by atoms with E-state index >= 15 is 0 Å². The summed E-state index contributed by atoms with van der Waals surface area (Å²) in [5.74, 6) is 1.62. The quantitative estimate of drug-likeness (QED) is 0.447. The Labute approximate surface area is 178 Å². The first kappa shape index (κ1) is 21.4. The van der Waals surface area contributed by atoms with Crippen LogP contribution in [0.1, 0.15) is 33.1 Å². The Hall–Kier alpha value is -3.28. The molecular weight excluding hydrogens is 376 g/mol. The molecule has 1 atom stereocenters. The first-order valence-corrected chi connectivity index (χ1v) is 10.5. The van der Waals surface area contributed by atoms with Gasteiger partial charge in [0.15, 0.2) is 0 Å². The molecule has 2 aromatic carbocycles. The molecule has 3 aromatic rings. The van der Waals surface area contributed by atoms with Gasteiger partial charge in [-0.3, -0.25) is 0 Å². The number of amides is 2. The van der Waals surface area contributed by atoms with Gasteiger partial charge in [-0.05, 0) is 25.5 Å². The lowest BCUT2D eigenvalue weighted by molar-refractivity contribution is 0.205. The molecule has 6 heteroatoms. The fraction of sp³-hybridized carbons (Fsp3) is 0.333. The van der Waals surface area contributed by atoms with Crippen LogP contribution in [-0.2, 0) is 6.54 Å². The molecule has 0 radical (unpaired) electrons. The highest BCUT2D eigenvalue weighted by Gasteiger charge is 2.12. The number of para-hydroxylation sites is 2. The Bertz CT molecular complexity index is 924. The molecular formula is C24H30N4O2. The van der Waals surface area contributed by atoms with Crippen LogP contribution < -0.4 is 15.4 Å². The fourth-order valence-electron chi connectivity index (χ4n) is 3.15. The van der Waals surface area contributed by atoms with Crippen molar-refractivity contribution in [3.63, 3.8) is 0 Å². The van der Waals surface area contributed by atoms with E-state index < -0.39 is 0 Å². The largest absolute Gasteiger partial charge is 0.488 e. The first-order chi connectivity index (χ1) is 14.7. The van der Waals surface area contributed by atoms with Crippen LogP contribution in [0, 0.1) is 0 Å². The molecule has 0 aliphatic carbocycles. The number of imidazole rings is 1. The molecule has 0 spiro atoms. The molecule has 3 rings (SSSR count). The minimum absolute atomic E-state index is 0.0258. The van der Waals surface area contributed by atoms with Gasteiger partial charge in [-0.1, -0.05) is 55.8 Å². The highest BCUT2D eigenvalue weighted by Crippen LogP contribution is 2.26. The summed E-state index contributed by atoms with van der Waals surface area (Å²) >= 11 is 0. The van der Waals surface area contributed by atoms with E-state index in [-0.39, 0.29) is 12.1 Å². The van der Waals surface area contributed by atoms with E-state index in [0.29, 0.717) is 18.0 Å². The normalized spacial score (nSPS) is 11.7. The number of rotatable bonds is 10. The maximum Gasteiger partial charge on any atom is 0.319 e. The molecule has 1 aromatic heterocycles. The highest BCUT2D eigenvalue weighted by molar-refractivity contribution is 5.90. The second kappa shape index (κ2) is 11.0. The molecule has 0 saturated carbocycles. The number of benzene rings is 2. The molecule has 0 aliphatic heterocycles. The fourth-order valence-corrected chi connectivity index (χ4v) is 3.15. The number of nitrogens with zero attached hydrogens (tertiary/aromatic N) is 2. The van der Waals surface area contributed by atoms with E-state index in [1.807, 2.05) is 61.8 Å². The second-order valence-electron chi connectivity index (χ2n) is 7.26. The number of ether oxygens (including phenoxy) is 1. The standard InChI is InChI=1S/C24H30N4O2/c1-3-4-15-26-24(29)27-21-12-8-9-13-22(21)30-19(2)14-17-28-18-16-25-23(28)20-10-6-5-7-11-20/h5-13,16,18-19H,3-4,14-15,17H2,1-2H3,(H2,26,27,29). The third-order valence-electron chi connectivity index (χ3n) is 4.80. The molecule has 158 valence electrons. The lowest BCUT2D eigenvalue weighted by Gasteiger charge is -2.19. The van der Waals surface area contributed by atoms with E-state index in [2.05, 4.69) is 39.2 Å². The van der Waals surface area contributed by atoms with E-state index in [1.54, 1.807) is 0 Å². The number of unbranched alkanes of at least 4 members (excludes halogenated alkanes) is 1. The minimum atomic E-state index is -0.210. The summed E-state index contributed by atoms with van der Waals surface area (Å²) in [6.07, 6.45) is 6.60. The second-order valence-corrected chi connectivity index (χ2v) is 7.26. The third kappa shape index (κ3) is 6.11. The number of carbonyl (C=O) groups excluding carboxylic acids is 1. The zero-order chi connectivity index (χ0) is 21.2. The molecule has 0 saturated heterocycles. The number of hydrogen-bond acceptors (Lipinski definition) is 3. The van der Waals surface area contributed by atoms with Crippen molar-refractivity contribution in [2.75, 3.05) is 11.9 Å². The number of carbonyl (C=O) groups is 1. The van der Waals surface area contributed by atoms with Gasteiger partial charge in [0.2, 0.25) is 0 Å². The van der Waals surface area contributed by atoms with E-state index in [0.717, 1.165) is 37.2 Å². The third-order valence-corrected chi connectivity index (χ3v) is 4.80. The topological polar surface area (TPSA) is 68.2 Å². The number of aryl methyl sites for hydroxylation is 1. The van der Waals surface area contributed by atoms with Crippen molar-refractivity contribution in [2.24, 2.45) is 0 Å². The van der Waals surface area contributed by atoms with E-state index in [4.69, 9.17) is 4.74 Å². The van der Waals surface area contributed by atoms with Crippen molar-refractivity contribution in [3.8, 4) is 17.1 Å². The predicted molar refractivity (Wildman–Crippen MR) is 121 cm³/mol. The molecule has 2 amide bonds. The summed E-state index contributed by atoms with van der Waals surface area (Å²) in [6.45, 7) is 5.59.